The first-order valence-corrected chi connectivity index (χ1v) is 9.19. The van der Waals surface area contributed by atoms with Gasteiger partial charge in [-0.2, -0.15) is 0 Å². The zero-order chi connectivity index (χ0) is 18.4. The minimum absolute atomic E-state index is 0.409. The number of unbranched alkanes of at least 4 members (excludes halogenated alkanes) is 1. The fourth-order valence-corrected chi connectivity index (χ4v) is 3.25. The van der Waals surface area contributed by atoms with Gasteiger partial charge in [0, 0.05) is 24.2 Å². The number of hydrogen-bond acceptors (Lipinski definition) is 3. The van der Waals surface area contributed by atoms with Crippen molar-refractivity contribution in [2.24, 2.45) is 0 Å². The van der Waals surface area contributed by atoms with Crippen molar-refractivity contribution in [1.82, 2.24) is 4.57 Å². The van der Waals surface area contributed by atoms with E-state index in [1.165, 1.54) is 0 Å². The number of halogens is 1. The van der Waals surface area contributed by atoms with Crippen LogP contribution < -0.4 is 9.47 Å². The van der Waals surface area contributed by atoms with Gasteiger partial charge < -0.3 is 14.0 Å². The Balaban J connectivity index is 2.00. The lowest BCUT2D eigenvalue weighted by molar-refractivity contribution is 0.112. The van der Waals surface area contributed by atoms with Crippen LogP contribution in [0.4, 0.5) is 0 Å². The van der Waals surface area contributed by atoms with E-state index in [0.717, 1.165) is 42.1 Å². The molecule has 3 aromatic rings. The summed E-state index contributed by atoms with van der Waals surface area (Å²) in [6.07, 6.45) is 4.64. The molecular weight excluding hydrogens is 350 g/mol. The Labute approximate surface area is 158 Å². The molecule has 0 unspecified atom stereocenters. The van der Waals surface area contributed by atoms with Gasteiger partial charge in [0.1, 0.15) is 6.61 Å². The lowest BCUT2D eigenvalue weighted by atomic mass is 10.1. The molecule has 0 saturated carbocycles. The van der Waals surface area contributed by atoms with Crippen LogP contribution in [-0.4, -0.2) is 23.8 Å². The zero-order valence-corrected chi connectivity index (χ0v) is 15.5. The first-order chi connectivity index (χ1) is 12.8. The summed E-state index contributed by atoms with van der Waals surface area (Å²) in [5.41, 5.74) is 2.62. The van der Waals surface area contributed by atoms with E-state index >= 15 is 0 Å². The summed E-state index contributed by atoms with van der Waals surface area (Å²) in [7, 11) is 1.61. The predicted octanol–water partition coefficient (Wildman–Crippen LogP) is 5.06. The number of ether oxygens (including phenoxy) is 2. The van der Waals surface area contributed by atoms with Crippen molar-refractivity contribution in [1.29, 1.82) is 0 Å². The fourth-order valence-electron chi connectivity index (χ4n) is 3.06. The molecule has 0 atom stereocenters. The molecule has 4 nitrogen and oxygen atoms in total. The standard InChI is InChI=1S/C21H22ClNO3/c1-25-19-10-9-18-20(17(14-24)13-23(18)12-6-5-11-22)21(19)26-15-16-7-3-2-4-8-16/h2-4,7-10,13-14H,5-6,11-12,15H2,1H3. The highest BCUT2D eigenvalue weighted by molar-refractivity contribution is 6.17. The number of aromatic nitrogens is 1. The van der Waals surface area contributed by atoms with Crippen LogP contribution in [0.3, 0.4) is 0 Å². The number of rotatable bonds is 9. The molecule has 0 N–H and O–H groups in total. The van der Waals surface area contributed by atoms with Crippen LogP contribution >= 0.6 is 11.6 Å². The number of aryl methyl sites for hydroxylation is 1. The van der Waals surface area contributed by atoms with Crippen molar-refractivity contribution in [3.05, 3.63) is 59.8 Å². The van der Waals surface area contributed by atoms with Crippen LogP contribution in [0.25, 0.3) is 10.9 Å². The number of benzene rings is 2. The van der Waals surface area contributed by atoms with Crippen LogP contribution in [0, 0.1) is 0 Å². The molecule has 1 aromatic heterocycles. The number of fused-ring (bicyclic) bond motifs is 1. The molecule has 0 bridgehead atoms. The highest BCUT2D eigenvalue weighted by Gasteiger charge is 2.17. The summed E-state index contributed by atoms with van der Waals surface area (Å²) in [4.78, 5) is 11.7. The molecule has 5 heteroatoms. The molecule has 136 valence electrons. The van der Waals surface area contributed by atoms with E-state index in [4.69, 9.17) is 21.1 Å². The van der Waals surface area contributed by atoms with Gasteiger partial charge in [-0.15, -0.1) is 11.6 Å². The van der Waals surface area contributed by atoms with Crippen molar-refractivity contribution in [3.63, 3.8) is 0 Å². The Morgan fingerprint density at radius 2 is 1.92 bits per heavy atom. The number of hydrogen-bond donors (Lipinski definition) is 0. The summed E-state index contributed by atoms with van der Waals surface area (Å²) >= 11 is 5.78. The average Bonchev–Trinajstić information content (AvgIpc) is 3.05. The van der Waals surface area contributed by atoms with Crippen molar-refractivity contribution >= 4 is 28.8 Å². The summed E-state index contributed by atoms with van der Waals surface area (Å²) in [5, 5.41) is 0.793. The predicted molar refractivity (Wildman–Crippen MR) is 105 cm³/mol. The molecule has 0 aliphatic carbocycles. The number of methoxy groups -OCH3 is 1. The minimum Gasteiger partial charge on any atom is -0.493 e. The van der Waals surface area contributed by atoms with E-state index in [2.05, 4.69) is 4.57 Å². The number of carbonyl (C=O) groups excluding carboxylic acids is 1. The van der Waals surface area contributed by atoms with Crippen LogP contribution in [0.2, 0.25) is 0 Å². The van der Waals surface area contributed by atoms with Gasteiger partial charge in [-0.1, -0.05) is 30.3 Å². The second-order valence-electron chi connectivity index (χ2n) is 6.06. The molecule has 0 amide bonds. The normalized spacial score (nSPS) is 10.8. The van der Waals surface area contributed by atoms with Crippen molar-refractivity contribution in [2.75, 3.05) is 13.0 Å². The first-order valence-electron chi connectivity index (χ1n) is 8.66. The summed E-state index contributed by atoms with van der Waals surface area (Å²) < 4.78 is 13.7. The quantitative estimate of drug-likeness (QED) is 0.300. The molecule has 0 aliphatic heterocycles. The molecular formula is C21H22ClNO3. The Hall–Kier alpha value is -2.46. The van der Waals surface area contributed by atoms with Crippen molar-refractivity contribution in [2.45, 2.75) is 26.0 Å². The largest absolute Gasteiger partial charge is 0.493 e. The van der Waals surface area contributed by atoms with E-state index in [0.29, 0.717) is 29.5 Å². The third-order valence-electron chi connectivity index (χ3n) is 4.35. The average molecular weight is 372 g/mol. The van der Waals surface area contributed by atoms with E-state index < -0.39 is 0 Å². The second kappa shape index (κ2) is 8.77. The van der Waals surface area contributed by atoms with Gasteiger partial charge in [-0.05, 0) is 30.5 Å². The monoisotopic (exact) mass is 371 g/mol. The Morgan fingerprint density at radius 1 is 1.12 bits per heavy atom. The van der Waals surface area contributed by atoms with Gasteiger partial charge in [0.25, 0.3) is 0 Å². The van der Waals surface area contributed by atoms with Crippen LogP contribution in [0.5, 0.6) is 11.5 Å². The molecule has 0 saturated heterocycles. The third kappa shape index (κ3) is 3.86. The second-order valence-corrected chi connectivity index (χ2v) is 6.44. The smallest absolute Gasteiger partial charge is 0.171 e. The van der Waals surface area contributed by atoms with Gasteiger partial charge in [-0.3, -0.25) is 4.79 Å². The maximum absolute atomic E-state index is 11.7. The highest BCUT2D eigenvalue weighted by atomic mass is 35.5. The van der Waals surface area contributed by atoms with E-state index in [9.17, 15) is 4.79 Å². The molecule has 26 heavy (non-hydrogen) atoms. The lowest BCUT2D eigenvalue weighted by Crippen LogP contribution is -2.00. The van der Waals surface area contributed by atoms with Gasteiger partial charge in [0.2, 0.25) is 0 Å². The van der Waals surface area contributed by atoms with E-state index in [-0.39, 0.29) is 0 Å². The maximum atomic E-state index is 11.7. The molecule has 1 heterocycles. The highest BCUT2D eigenvalue weighted by Crippen LogP contribution is 2.39. The molecule has 0 aliphatic rings. The number of alkyl halides is 1. The van der Waals surface area contributed by atoms with Gasteiger partial charge in [0.15, 0.2) is 17.8 Å². The molecule has 0 spiro atoms. The number of carbonyl (C=O) groups is 1. The maximum Gasteiger partial charge on any atom is 0.171 e. The minimum atomic E-state index is 0.409. The Bertz CT molecular complexity index is 874. The van der Waals surface area contributed by atoms with Crippen LogP contribution in [0.1, 0.15) is 28.8 Å². The SMILES string of the molecule is COc1ccc2c(c(C=O)cn2CCCCCl)c1OCc1ccccc1. The summed E-state index contributed by atoms with van der Waals surface area (Å²) in [6, 6.07) is 13.8. The van der Waals surface area contributed by atoms with Crippen LogP contribution in [0.15, 0.2) is 48.7 Å². The third-order valence-corrected chi connectivity index (χ3v) is 4.62. The van der Waals surface area contributed by atoms with Crippen molar-refractivity contribution < 1.29 is 14.3 Å². The van der Waals surface area contributed by atoms with E-state index in [1.54, 1.807) is 7.11 Å². The van der Waals surface area contributed by atoms with E-state index in [1.807, 2.05) is 48.7 Å². The van der Waals surface area contributed by atoms with Gasteiger partial charge in [-0.25, -0.2) is 0 Å². The van der Waals surface area contributed by atoms with Crippen LogP contribution in [-0.2, 0) is 13.2 Å². The van der Waals surface area contributed by atoms with Gasteiger partial charge in [0.05, 0.1) is 18.0 Å². The summed E-state index contributed by atoms with van der Waals surface area (Å²) in [5.74, 6) is 1.86. The molecule has 0 fully saturated rings. The van der Waals surface area contributed by atoms with Crippen molar-refractivity contribution in [3.8, 4) is 11.5 Å². The molecule has 3 rings (SSSR count). The fraction of sp³-hybridized carbons (Fsp3) is 0.286. The number of aldehydes is 1. The first kappa shape index (κ1) is 18.3. The topological polar surface area (TPSA) is 40.5 Å². The Kier molecular flexibility index (Phi) is 6.18. The van der Waals surface area contributed by atoms with Gasteiger partial charge >= 0.3 is 0 Å². The zero-order valence-electron chi connectivity index (χ0n) is 14.8. The lowest BCUT2D eigenvalue weighted by Gasteiger charge is -2.13. The molecule has 2 aromatic carbocycles. The summed E-state index contributed by atoms with van der Waals surface area (Å²) in [6.45, 7) is 1.22. The Morgan fingerprint density at radius 3 is 2.62 bits per heavy atom. The molecule has 0 radical (unpaired) electrons. The number of nitrogens with zero attached hydrogens (tertiary/aromatic N) is 1.